The van der Waals surface area contributed by atoms with E-state index in [9.17, 15) is 0 Å². The maximum Gasteiger partial charge on any atom is 0.299 e. The first-order chi connectivity index (χ1) is 10.2. The van der Waals surface area contributed by atoms with Gasteiger partial charge in [-0.3, -0.25) is 0 Å². The summed E-state index contributed by atoms with van der Waals surface area (Å²) in [5.41, 5.74) is 2.87. The van der Waals surface area contributed by atoms with Crippen LogP contribution in [0, 0.1) is 5.92 Å². The molecule has 5 heteroatoms. The number of nitrogens with zero attached hydrogens (tertiary/aromatic N) is 2. The van der Waals surface area contributed by atoms with Crippen molar-refractivity contribution in [3.63, 3.8) is 0 Å². The number of nitrogens with one attached hydrogen (secondary N) is 1. The van der Waals surface area contributed by atoms with E-state index in [1.807, 2.05) is 6.07 Å². The van der Waals surface area contributed by atoms with Crippen LogP contribution in [0.3, 0.4) is 0 Å². The Balaban J connectivity index is 1.59. The molecule has 0 spiro atoms. The Morgan fingerprint density at radius 1 is 1.24 bits per heavy atom. The van der Waals surface area contributed by atoms with Crippen molar-refractivity contribution in [2.24, 2.45) is 5.92 Å². The van der Waals surface area contributed by atoms with E-state index in [4.69, 9.17) is 4.74 Å². The van der Waals surface area contributed by atoms with Gasteiger partial charge in [0.1, 0.15) is 10.8 Å². The van der Waals surface area contributed by atoms with E-state index in [0.29, 0.717) is 11.1 Å². The maximum atomic E-state index is 5.83. The Morgan fingerprint density at radius 2 is 2.10 bits per heavy atom. The summed E-state index contributed by atoms with van der Waals surface area (Å²) in [6.45, 7) is 6.12. The van der Waals surface area contributed by atoms with Crippen molar-refractivity contribution in [3.8, 4) is 10.9 Å². The highest BCUT2D eigenvalue weighted by molar-refractivity contribution is 7.13. The van der Waals surface area contributed by atoms with Gasteiger partial charge in [-0.15, -0.1) is 5.10 Å². The smallest absolute Gasteiger partial charge is 0.299 e. The van der Waals surface area contributed by atoms with Crippen LogP contribution in [-0.4, -0.2) is 16.7 Å². The summed E-state index contributed by atoms with van der Waals surface area (Å²) in [6, 6.07) is 6.34. The summed E-state index contributed by atoms with van der Waals surface area (Å²) < 4.78 is 5.83. The van der Waals surface area contributed by atoms with Crippen LogP contribution >= 0.6 is 11.3 Å². The fourth-order valence-corrected chi connectivity index (χ4v) is 3.21. The van der Waals surface area contributed by atoms with Crippen LogP contribution in [0.2, 0.25) is 0 Å². The zero-order valence-corrected chi connectivity index (χ0v) is 13.4. The fourth-order valence-electron chi connectivity index (χ4n) is 2.53. The first-order valence-electron chi connectivity index (χ1n) is 7.53. The minimum Gasteiger partial charge on any atom is -0.430 e. The third-order valence-corrected chi connectivity index (χ3v) is 4.35. The molecule has 112 valence electrons. The van der Waals surface area contributed by atoms with Gasteiger partial charge in [0.25, 0.3) is 5.19 Å². The standard InChI is InChI=1S/C16H21N3OS/c1-11(2)9-17-10-15-18-19-16(21-15)20-14-7-6-12-4-3-5-13(12)8-14/h6-8,11,17H,3-5,9-10H2,1-2H3. The van der Waals surface area contributed by atoms with Gasteiger partial charge in [-0.25, -0.2) is 0 Å². The third kappa shape index (κ3) is 3.80. The number of aryl methyl sites for hydroxylation is 2. The van der Waals surface area contributed by atoms with Crippen molar-refractivity contribution >= 4 is 11.3 Å². The monoisotopic (exact) mass is 303 g/mol. The average Bonchev–Trinajstić information content (AvgIpc) is 3.07. The number of benzene rings is 1. The topological polar surface area (TPSA) is 47.0 Å². The van der Waals surface area contributed by atoms with E-state index in [1.54, 1.807) is 0 Å². The number of hydrogen-bond donors (Lipinski definition) is 1. The second-order valence-corrected chi connectivity index (χ2v) is 6.90. The molecule has 21 heavy (non-hydrogen) atoms. The molecular weight excluding hydrogens is 282 g/mol. The van der Waals surface area contributed by atoms with Crippen molar-refractivity contribution < 1.29 is 4.74 Å². The molecule has 0 saturated carbocycles. The van der Waals surface area contributed by atoms with Crippen molar-refractivity contribution in [2.75, 3.05) is 6.54 Å². The van der Waals surface area contributed by atoms with Gasteiger partial charge in [-0.05, 0) is 55.0 Å². The molecule has 1 aromatic heterocycles. The molecule has 1 aliphatic carbocycles. The summed E-state index contributed by atoms with van der Waals surface area (Å²) in [7, 11) is 0. The molecule has 0 bridgehead atoms. The normalized spacial score (nSPS) is 13.7. The lowest BCUT2D eigenvalue weighted by Gasteiger charge is -2.04. The molecule has 3 rings (SSSR count). The Kier molecular flexibility index (Phi) is 4.51. The Bertz CT molecular complexity index is 609. The van der Waals surface area contributed by atoms with Crippen molar-refractivity contribution in [1.29, 1.82) is 0 Å². The van der Waals surface area contributed by atoms with E-state index in [1.165, 1.54) is 35.3 Å². The van der Waals surface area contributed by atoms with Crippen LogP contribution in [0.15, 0.2) is 18.2 Å². The summed E-state index contributed by atoms with van der Waals surface area (Å²) >= 11 is 1.51. The highest BCUT2D eigenvalue weighted by Crippen LogP contribution is 2.30. The number of fused-ring (bicyclic) bond motifs is 1. The average molecular weight is 303 g/mol. The molecule has 0 unspecified atom stereocenters. The molecular formula is C16H21N3OS. The molecule has 0 radical (unpaired) electrons. The third-order valence-electron chi connectivity index (χ3n) is 3.55. The van der Waals surface area contributed by atoms with E-state index in [2.05, 4.69) is 41.5 Å². The van der Waals surface area contributed by atoms with Crippen molar-refractivity contribution in [3.05, 3.63) is 34.3 Å². The maximum absolute atomic E-state index is 5.83. The lowest BCUT2D eigenvalue weighted by molar-refractivity contribution is 0.472. The molecule has 4 nitrogen and oxygen atoms in total. The first kappa shape index (κ1) is 14.5. The van der Waals surface area contributed by atoms with Gasteiger partial charge in [0.05, 0.1) is 0 Å². The summed E-state index contributed by atoms with van der Waals surface area (Å²) in [6.07, 6.45) is 3.61. The molecule has 0 atom stereocenters. The van der Waals surface area contributed by atoms with Crippen molar-refractivity contribution in [2.45, 2.75) is 39.7 Å². The first-order valence-corrected chi connectivity index (χ1v) is 8.35. The number of rotatable bonds is 6. The highest BCUT2D eigenvalue weighted by atomic mass is 32.1. The second kappa shape index (κ2) is 6.54. The summed E-state index contributed by atoms with van der Waals surface area (Å²) in [5, 5.41) is 13.2. The van der Waals surface area contributed by atoms with Gasteiger partial charge in [-0.2, -0.15) is 0 Å². The number of hydrogen-bond acceptors (Lipinski definition) is 5. The summed E-state index contributed by atoms with van der Waals surface area (Å²) in [5.74, 6) is 1.51. The van der Waals surface area contributed by atoms with Crippen LogP contribution in [0.1, 0.15) is 36.4 Å². The van der Waals surface area contributed by atoms with E-state index in [0.717, 1.165) is 30.3 Å². The molecule has 1 aromatic carbocycles. The predicted octanol–water partition coefficient (Wildman–Crippen LogP) is 3.56. The van der Waals surface area contributed by atoms with Crippen LogP contribution in [0.5, 0.6) is 10.9 Å². The SMILES string of the molecule is CC(C)CNCc1nnc(Oc2ccc3c(c2)CCC3)s1. The molecule has 1 N–H and O–H groups in total. The predicted molar refractivity (Wildman–Crippen MR) is 85.0 cm³/mol. The van der Waals surface area contributed by atoms with Crippen LogP contribution in [0.4, 0.5) is 0 Å². The Labute approximate surface area is 129 Å². The van der Waals surface area contributed by atoms with Gasteiger partial charge in [0, 0.05) is 6.54 Å². The molecule has 1 heterocycles. The van der Waals surface area contributed by atoms with Gasteiger partial charge in [-0.1, -0.05) is 36.3 Å². The van der Waals surface area contributed by atoms with Crippen molar-refractivity contribution in [1.82, 2.24) is 15.5 Å². The fraction of sp³-hybridized carbons (Fsp3) is 0.500. The van der Waals surface area contributed by atoms with Crippen LogP contribution in [-0.2, 0) is 19.4 Å². The minimum atomic E-state index is 0.620. The minimum absolute atomic E-state index is 0.620. The molecule has 0 saturated heterocycles. The molecule has 1 aliphatic rings. The second-order valence-electron chi connectivity index (χ2n) is 5.87. The Hall–Kier alpha value is -1.46. The van der Waals surface area contributed by atoms with E-state index >= 15 is 0 Å². The largest absolute Gasteiger partial charge is 0.430 e. The van der Waals surface area contributed by atoms with Gasteiger partial charge in [0.2, 0.25) is 0 Å². The quantitative estimate of drug-likeness (QED) is 0.886. The van der Waals surface area contributed by atoms with Gasteiger partial charge < -0.3 is 10.1 Å². The molecule has 0 fully saturated rings. The molecule has 0 amide bonds. The van der Waals surface area contributed by atoms with Crippen LogP contribution < -0.4 is 10.1 Å². The number of ether oxygens (including phenoxy) is 1. The highest BCUT2D eigenvalue weighted by Gasteiger charge is 2.12. The lowest BCUT2D eigenvalue weighted by atomic mass is 10.1. The molecule has 2 aromatic rings. The van der Waals surface area contributed by atoms with E-state index < -0.39 is 0 Å². The van der Waals surface area contributed by atoms with Gasteiger partial charge in [0.15, 0.2) is 0 Å². The number of aromatic nitrogens is 2. The Morgan fingerprint density at radius 3 is 2.95 bits per heavy atom. The summed E-state index contributed by atoms with van der Waals surface area (Å²) in [4.78, 5) is 0. The zero-order valence-electron chi connectivity index (χ0n) is 12.6. The molecule has 0 aliphatic heterocycles. The van der Waals surface area contributed by atoms with E-state index in [-0.39, 0.29) is 0 Å². The van der Waals surface area contributed by atoms with Gasteiger partial charge >= 0.3 is 0 Å². The zero-order chi connectivity index (χ0) is 14.7. The van der Waals surface area contributed by atoms with Crippen LogP contribution in [0.25, 0.3) is 0 Å². The lowest BCUT2D eigenvalue weighted by Crippen LogP contribution is -2.18.